The van der Waals surface area contributed by atoms with Crippen molar-refractivity contribution in [1.82, 2.24) is 14.5 Å². The zero-order valence-corrected chi connectivity index (χ0v) is 20.4. The molecular weight excluding hydrogens is 484 g/mol. The van der Waals surface area contributed by atoms with Crippen LogP contribution in [0, 0.1) is 6.92 Å². The molecule has 0 radical (unpaired) electrons. The van der Waals surface area contributed by atoms with Gasteiger partial charge in [0.05, 0.1) is 54.7 Å². The van der Waals surface area contributed by atoms with E-state index in [0.717, 1.165) is 11.3 Å². The third-order valence-corrected chi connectivity index (χ3v) is 7.01. The standard InChI is InChI=1S/C22H23ClN4O6S/c1-12-18-21(24-11-27(22(18)30)10-17(28)26-4-6-33-7-5-26)34-19(12)20(29)25-14-8-13(23)15(31-2)9-16(14)32-3/h8-9,11H,4-7,10H2,1-3H3,(H,25,29). The van der Waals surface area contributed by atoms with Crippen LogP contribution in [-0.2, 0) is 16.1 Å². The number of rotatable bonds is 6. The molecule has 12 heteroatoms. The molecule has 0 spiro atoms. The summed E-state index contributed by atoms with van der Waals surface area (Å²) in [6.07, 6.45) is 1.34. The molecule has 1 N–H and O–H groups in total. The molecule has 0 bridgehead atoms. The van der Waals surface area contributed by atoms with Crippen LogP contribution in [0.25, 0.3) is 10.2 Å². The minimum atomic E-state index is -0.435. The number of halogens is 1. The molecular formula is C22H23ClN4O6S. The second kappa shape index (κ2) is 10.00. The van der Waals surface area contributed by atoms with Gasteiger partial charge in [0.15, 0.2) is 0 Å². The van der Waals surface area contributed by atoms with E-state index in [1.165, 1.54) is 31.2 Å². The van der Waals surface area contributed by atoms with Gasteiger partial charge in [0, 0.05) is 19.2 Å². The van der Waals surface area contributed by atoms with E-state index < -0.39 is 5.91 Å². The molecule has 1 fully saturated rings. The topological polar surface area (TPSA) is 112 Å². The van der Waals surface area contributed by atoms with Crippen molar-refractivity contribution in [3.05, 3.63) is 44.3 Å². The summed E-state index contributed by atoms with van der Waals surface area (Å²) in [5.74, 6) is 0.165. The molecule has 1 saturated heterocycles. The van der Waals surface area contributed by atoms with Crippen molar-refractivity contribution in [2.45, 2.75) is 13.5 Å². The number of thiophene rings is 1. The number of amides is 2. The van der Waals surface area contributed by atoms with Gasteiger partial charge in [0.2, 0.25) is 5.91 Å². The number of anilines is 1. The number of carbonyl (C=O) groups excluding carboxylic acids is 2. The molecule has 0 saturated carbocycles. The fraction of sp³-hybridized carbons (Fsp3) is 0.364. The van der Waals surface area contributed by atoms with Gasteiger partial charge in [-0.05, 0) is 18.6 Å². The first-order valence-corrected chi connectivity index (χ1v) is 11.6. The van der Waals surface area contributed by atoms with Crippen molar-refractivity contribution in [2.75, 3.05) is 45.8 Å². The predicted octanol–water partition coefficient (Wildman–Crippen LogP) is 2.55. The number of morpholine rings is 1. The van der Waals surface area contributed by atoms with Crippen molar-refractivity contribution >= 4 is 50.7 Å². The Morgan fingerprint density at radius 2 is 1.91 bits per heavy atom. The lowest BCUT2D eigenvalue weighted by Crippen LogP contribution is -2.43. The van der Waals surface area contributed by atoms with E-state index in [-0.39, 0.29) is 18.0 Å². The van der Waals surface area contributed by atoms with Crippen LogP contribution in [0.3, 0.4) is 0 Å². The number of nitrogens with one attached hydrogen (secondary N) is 1. The zero-order chi connectivity index (χ0) is 24.4. The Morgan fingerprint density at radius 3 is 2.59 bits per heavy atom. The Labute approximate surface area is 204 Å². The van der Waals surface area contributed by atoms with Gasteiger partial charge >= 0.3 is 0 Å². The van der Waals surface area contributed by atoms with Crippen molar-refractivity contribution in [2.24, 2.45) is 0 Å². The second-order valence-corrected chi connectivity index (χ2v) is 8.95. The Hall–Kier alpha value is -3.15. The van der Waals surface area contributed by atoms with E-state index in [9.17, 15) is 14.4 Å². The van der Waals surface area contributed by atoms with E-state index in [1.807, 2.05) is 0 Å². The minimum Gasteiger partial charge on any atom is -0.495 e. The van der Waals surface area contributed by atoms with E-state index in [1.54, 1.807) is 17.9 Å². The van der Waals surface area contributed by atoms with Crippen molar-refractivity contribution in [3.63, 3.8) is 0 Å². The molecule has 1 aliphatic heterocycles. The van der Waals surface area contributed by atoms with Crippen LogP contribution in [0.1, 0.15) is 15.2 Å². The molecule has 34 heavy (non-hydrogen) atoms. The molecule has 180 valence electrons. The van der Waals surface area contributed by atoms with Gasteiger partial charge in [0.1, 0.15) is 22.9 Å². The summed E-state index contributed by atoms with van der Waals surface area (Å²) in [5, 5.41) is 3.40. The normalized spacial score (nSPS) is 13.7. The Morgan fingerprint density at radius 1 is 1.21 bits per heavy atom. The summed E-state index contributed by atoms with van der Waals surface area (Å²) < 4.78 is 17.0. The summed E-state index contributed by atoms with van der Waals surface area (Å²) in [6, 6.07) is 3.10. The number of ether oxygens (including phenoxy) is 3. The smallest absolute Gasteiger partial charge is 0.266 e. The molecule has 3 aromatic rings. The number of nitrogens with zero attached hydrogens (tertiary/aromatic N) is 3. The quantitative estimate of drug-likeness (QED) is 0.546. The number of hydrogen-bond acceptors (Lipinski definition) is 8. The summed E-state index contributed by atoms with van der Waals surface area (Å²) in [5.41, 5.74) is 0.475. The van der Waals surface area contributed by atoms with Gasteiger partial charge in [-0.2, -0.15) is 0 Å². The molecule has 2 amide bonds. The summed E-state index contributed by atoms with van der Waals surface area (Å²) >= 11 is 7.30. The summed E-state index contributed by atoms with van der Waals surface area (Å²) in [7, 11) is 2.95. The van der Waals surface area contributed by atoms with E-state index in [4.69, 9.17) is 25.8 Å². The van der Waals surface area contributed by atoms with Gasteiger partial charge in [-0.1, -0.05) is 11.6 Å². The van der Waals surface area contributed by atoms with E-state index in [2.05, 4.69) is 10.3 Å². The molecule has 1 aromatic carbocycles. The van der Waals surface area contributed by atoms with Crippen LogP contribution < -0.4 is 20.3 Å². The molecule has 10 nitrogen and oxygen atoms in total. The highest BCUT2D eigenvalue weighted by molar-refractivity contribution is 7.20. The molecule has 1 aliphatic rings. The maximum absolute atomic E-state index is 13.1. The average molecular weight is 507 g/mol. The van der Waals surface area contributed by atoms with Crippen LogP contribution in [0.5, 0.6) is 11.5 Å². The van der Waals surface area contributed by atoms with Gasteiger partial charge in [-0.3, -0.25) is 19.0 Å². The SMILES string of the molecule is COc1cc(OC)c(NC(=O)c2sc3ncn(CC(=O)N4CCOCC4)c(=O)c3c2C)cc1Cl. The Bertz CT molecular complexity index is 1310. The van der Waals surface area contributed by atoms with Crippen LogP contribution in [0.2, 0.25) is 5.02 Å². The molecule has 4 rings (SSSR count). The number of methoxy groups -OCH3 is 2. The first-order valence-electron chi connectivity index (χ1n) is 10.4. The zero-order valence-electron chi connectivity index (χ0n) is 18.8. The third-order valence-electron chi connectivity index (χ3n) is 5.52. The van der Waals surface area contributed by atoms with E-state index >= 15 is 0 Å². The molecule has 0 unspecified atom stereocenters. The maximum Gasteiger partial charge on any atom is 0.266 e. The first-order chi connectivity index (χ1) is 16.3. The lowest BCUT2D eigenvalue weighted by atomic mass is 10.2. The van der Waals surface area contributed by atoms with E-state index in [0.29, 0.717) is 69.2 Å². The lowest BCUT2D eigenvalue weighted by Gasteiger charge is -2.26. The van der Waals surface area contributed by atoms with Crippen LogP contribution >= 0.6 is 22.9 Å². The van der Waals surface area contributed by atoms with Crippen molar-refractivity contribution in [3.8, 4) is 11.5 Å². The average Bonchev–Trinajstić information content (AvgIpc) is 3.18. The minimum absolute atomic E-state index is 0.125. The number of benzene rings is 1. The summed E-state index contributed by atoms with van der Waals surface area (Å²) in [4.78, 5) is 45.5. The third kappa shape index (κ3) is 4.59. The fourth-order valence-electron chi connectivity index (χ4n) is 3.68. The number of carbonyl (C=O) groups is 2. The van der Waals surface area contributed by atoms with Crippen LogP contribution in [0.15, 0.2) is 23.3 Å². The largest absolute Gasteiger partial charge is 0.495 e. The van der Waals surface area contributed by atoms with Crippen molar-refractivity contribution < 1.29 is 23.8 Å². The number of fused-ring (bicyclic) bond motifs is 1. The van der Waals surface area contributed by atoms with Gasteiger partial charge in [-0.25, -0.2) is 4.98 Å². The molecule has 0 aliphatic carbocycles. The van der Waals surface area contributed by atoms with Crippen LogP contribution in [-0.4, -0.2) is 66.8 Å². The maximum atomic E-state index is 13.1. The second-order valence-electron chi connectivity index (χ2n) is 7.55. The number of aromatic nitrogens is 2. The van der Waals surface area contributed by atoms with Crippen molar-refractivity contribution in [1.29, 1.82) is 0 Å². The lowest BCUT2D eigenvalue weighted by molar-refractivity contribution is -0.135. The molecule has 3 heterocycles. The predicted molar refractivity (Wildman–Crippen MR) is 129 cm³/mol. The highest BCUT2D eigenvalue weighted by atomic mass is 35.5. The number of aryl methyl sites for hydroxylation is 1. The number of hydrogen-bond donors (Lipinski definition) is 1. The van der Waals surface area contributed by atoms with Gasteiger partial charge in [0.25, 0.3) is 11.5 Å². The first kappa shape index (κ1) is 24.0. The fourth-order valence-corrected chi connectivity index (χ4v) is 4.96. The summed E-state index contributed by atoms with van der Waals surface area (Å²) in [6.45, 7) is 3.49. The highest BCUT2D eigenvalue weighted by Crippen LogP contribution is 2.37. The Balaban J connectivity index is 1.62. The Kier molecular flexibility index (Phi) is 7.05. The molecule has 0 atom stereocenters. The molecule has 2 aromatic heterocycles. The van der Waals surface area contributed by atoms with Crippen LogP contribution in [0.4, 0.5) is 5.69 Å². The monoisotopic (exact) mass is 506 g/mol. The van der Waals surface area contributed by atoms with Gasteiger partial charge in [-0.15, -0.1) is 11.3 Å². The van der Waals surface area contributed by atoms with Gasteiger partial charge < -0.3 is 24.4 Å². The highest BCUT2D eigenvalue weighted by Gasteiger charge is 2.23.